The smallest absolute Gasteiger partial charge is 0.159 e. The molecule has 3 nitrogen and oxygen atoms in total. The third kappa shape index (κ3) is 4.08. The van der Waals surface area contributed by atoms with Crippen LogP contribution in [0.4, 0.5) is 0 Å². The van der Waals surface area contributed by atoms with Crippen LogP contribution in [0.1, 0.15) is 32.0 Å². The van der Waals surface area contributed by atoms with E-state index in [1.807, 2.05) is 13.1 Å². The Balaban J connectivity index is 2.17. The number of halogens is 2. The highest BCUT2D eigenvalue weighted by atomic mass is 35.5. The summed E-state index contributed by atoms with van der Waals surface area (Å²) in [4.78, 5) is 4.59. The Labute approximate surface area is 135 Å². The summed E-state index contributed by atoms with van der Waals surface area (Å²) in [6, 6.07) is 5.39. The van der Waals surface area contributed by atoms with E-state index >= 15 is 0 Å². The van der Waals surface area contributed by atoms with Gasteiger partial charge in [0, 0.05) is 24.1 Å². The van der Waals surface area contributed by atoms with E-state index in [0.717, 1.165) is 42.9 Å². The summed E-state index contributed by atoms with van der Waals surface area (Å²) in [7, 11) is 1.87. The van der Waals surface area contributed by atoms with E-state index in [1.165, 1.54) is 5.57 Å². The Kier molecular flexibility index (Phi) is 5.43. The molecule has 1 aromatic carbocycles. The summed E-state index contributed by atoms with van der Waals surface area (Å²) in [5, 5.41) is 5.65. The summed E-state index contributed by atoms with van der Waals surface area (Å²) in [5.41, 5.74) is 2.09. The number of hydrogen-bond acceptors (Lipinski definition) is 2. The van der Waals surface area contributed by atoms with E-state index in [9.17, 15) is 0 Å². The van der Waals surface area contributed by atoms with Crippen molar-refractivity contribution in [3.8, 4) is 11.4 Å². The fourth-order valence-electron chi connectivity index (χ4n) is 2.22. The van der Waals surface area contributed by atoms with Crippen molar-refractivity contribution in [2.45, 2.75) is 32.6 Å². The standard InChI is InChI=1S/C16H19Cl2N3/c1-4-5-11(2)6-9-15-19-16(21(3)20-15)13-8-7-12(17)10-14(13)18/h7-8,10H,2,4-6,9H2,1,3H3. The van der Waals surface area contributed by atoms with Gasteiger partial charge in [0.05, 0.1) is 5.02 Å². The van der Waals surface area contributed by atoms with Crippen LogP contribution in [0.25, 0.3) is 11.4 Å². The quantitative estimate of drug-likeness (QED) is 0.694. The summed E-state index contributed by atoms with van der Waals surface area (Å²) in [5.74, 6) is 1.57. The lowest BCUT2D eigenvalue weighted by atomic mass is 10.1. The molecule has 112 valence electrons. The number of aryl methyl sites for hydroxylation is 2. The molecule has 0 aliphatic carbocycles. The first-order valence-corrected chi connectivity index (χ1v) is 7.78. The van der Waals surface area contributed by atoms with Crippen LogP contribution in [0.2, 0.25) is 10.0 Å². The molecule has 0 aliphatic rings. The third-order valence-corrected chi connectivity index (χ3v) is 3.83. The highest BCUT2D eigenvalue weighted by Gasteiger charge is 2.13. The van der Waals surface area contributed by atoms with Gasteiger partial charge in [0.2, 0.25) is 0 Å². The third-order valence-electron chi connectivity index (χ3n) is 3.28. The van der Waals surface area contributed by atoms with Crippen LogP contribution in [0.5, 0.6) is 0 Å². The summed E-state index contributed by atoms with van der Waals surface area (Å²) in [6.45, 7) is 6.23. The number of rotatable bonds is 6. The maximum atomic E-state index is 6.23. The Morgan fingerprint density at radius 3 is 2.71 bits per heavy atom. The topological polar surface area (TPSA) is 30.7 Å². The van der Waals surface area contributed by atoms with Crippen molar-refractivity contribution < 1.29 is 0 Å². The fraction of sp³-hybridized carbons (Fsp3) is 0.375. The zero-order chi connectivity index (χ0) is 15.4. The molecule has 0 amide bonds. The van der Waals surface area contributed by atoms with E-state index in [-0.39, 0.29) is 0 Å². The van der Waals surface area contributed by atoms with Gasteiger partial charge in [-0.1, -0.05) is 48.7 Å². The zero-order valence-corrected chi connectivity index (χ0v) is 13.9. The molecule has 2 rings (SSSR count). The average Bonchev–Trinajstić information content (AvgIpc) is 2.78. The molecule has 0 fully saturated rings. The lowest BCUT2D eigenvalue weighted by Gasteiger charge is -2.03. The predicted molar refractivity (Wildman–Crippen MR) is 88.8 cm³/mol. The maximum absolute atomic E-state index is 6.23. The molecule has 0 aliphatic heterocycles. The second-order valence-electron chi connectivity index (χ2n) is 5.10. The van der Waals surface area contributed by atoms with Crippen LogP contribution in [0.15, 0.2) is 30.4 Å². The monoisotopic (exact) mass is 323 g/mol. The first-order chi connectivity index (χ1) is 10.0. The predicted octanol–water partition coefficient (Wildman–Crippen LogP) is 5.08. The molecule has 0 radical (unpaired) electrons. The molecular weight excluding hydrogens is 305 g/mol. The van der Waals surface area contributed by atoms with Gasteiger partial charge in [-0.25, -0.2) is 9.67 Å². The molecule has 0 saturated carbocycles. The van der Waals surface area contributed by atoms with Crippen LogP contribution in [0.3, 0.4) is 0 Å². The molecule has 1 aromatic heterocycles. The molecule has 0 spiro atoms. The molecular formula is C16H19Cl2N3. The van der Waals surface area contributed by atoms with E-state index in [4.69, 9.17) is 23.2 Å². The largest absolute Gasteiger partial charge is 0.249 e. The molecule has 0 unspecified atom stereocenters. The van der Waals surface area contributed by atoms with Crippen molar-refractivity contribution in [1.82, 2.24) is 14.8 Å². The van der Waals surface area contributed by atoms with Crippen LogP contribution < -0.4 is 0 Å². The minimum atomic E-state index is 0.583. The maximum Gasteiger partial charge on any atom is 0.159 e. The summed E-state index contributed by atoms with van der Waals surface area (Å²) < 4.78 is 1.76. The summed E-state index contributed by atoms with van der Waals surface area (Å²) >= 11 is 12.2. The number of benzene rings is 1. The van der Waals surface area contributed by atoms with Gasteiger partial charge in [-0.2, -0.15) is 5.10 Å². The van der Waals surface area contributed by atoms with Gasteiger partial charge in [0.25, 0.3) is 0 Å². The second-order valence-corrected chi connectivity index (χ2v) is 5.94. The Morgan fingerprint density at radius 1 is 1.29 bits per heavy atom. The van der Waals surface area contributed by atoms with Crippen molar-refractivity contribution in [3.63, 3.8) is 0 Å². The van der Waals surface area contributed by atoms with Crippen molar-refractivity contribution in [2.75, 3.05) is 0 Å². The van der Waals surface area contributed by atoms with Crippen molar-refractivity contribution in [2.24, 2.45) is 7.05 Å². The van der Waals surface area contributed by atoms with Gasteiger partial charge in [-0.3, -0.25) is 0 Å². The normalized spacial score (nSPS) is 10.9. The minimum absolute atomic E-state index is 0.583. The molecule has 0 saturated heterocycles. The van der Waals surface area contributed by atoms with Gasteiger partial charge in [-0.05, 0) is 31.0 Å². The molecule has 0 N–H and O–H groups in total. The van der Waals surface area contributed by atoms with Crippen LogP contribution in [0, 0.1) is 0 Å². The number of hydrogen-bond donors (Lipinski definition) is 0. The van der Waals surface area contributed by atoms with E-state index in [2.05, 4.69) is 23.6 Å². The lowest BCUT2D eigenvalue weighted by Crippen LogP contribution is -1.95. The number of aromatic nitrogens is 3. The van der Waals surface area contributed by atoms with Crippen LogP contribution in [-0.2, 0) is 13.5 Å². The average molecular weight is 324 g/mol. The minimum Gasteiger partial charge on any atom is -0.249 e. The van der Waals surface area contributed by atoms with Gasteiger partial charge >= 0.3 is 0 Å². The highest BCUT2D eigenvalue weighted by molar-refractivity contribution is 6.36. The van der Waals surface area contributed by atoms with E-state index in [0.29, 0.717) is 10.0 Å². The van der Waals surface area contributed by atoms with Gasteiger partial charge in [-0.15, -0.1) is 0 Å². The highest BCUT2D eigenvalue weighted by Crippen LogP contribution is 2.29. The van der Waals surface area contributed by atoms with Gasteiger partial charge in [0.1, 0.15) is 0 Å². The van der Waals surface area contributed by atoms with Crippen molar-refractivity contribution in [3.05, 3.63) is 46.2 Å². The summed E-state index contributed by atoms with van der Waals surface area (Å²) in [6.07, 6.45) is 3.91. The molecule has 2 aromatic rings. The van der Waals surface area contributed by atoms with Gasteiger partial charge in [0.15, 0.2) is 11.6 Å². The Hall–Kier alpha value is -1.32. The van der Waals surface area contributed by atoms with E-state index in [1.54, 1.807) is 16.8 Å². The molecule has 0 bridgehead atoms. The van der Waals surface area contributed by atoms with Gasteiger partial charge < -0.3 is 0 Å². The molecule has 5 heteroatoms. The number of nitrogens with zero attached hydrogens (tertiary/aromatic N) is 3. The fourth-order valence-corrected chi connectivity index (χ4v) is 2.71. The SMILES string of the molecule is C=C(CCC)CCc1nc(-c2ccc(Cl)cc2Cl)n(C)n1. The van der Waals surface area contributed by atoms with Crippen molar-refractivity contribution in [1.29, 1.82) is 0 Å². The zero-order valence-electron chi connectivity index (χ0n) is 12.4. The molecule has 0 atom stereocenters. The second kappa shape index (κ2) is 7.10. The Morgan fingerprint density at radius 2 is 2.05 bits per heavy atom. The van der Waals surface area contributed by atoms with Crippen LogP contribution >= 0.6 is 23.2 Å². The first-order valence-electron chi connectivity index (χ1n) is 7.03. The van der Waals surface area contributed by atoms with E-state index < -0.39 is 0 Å². The molecule has 21 heavy (non-hydrogen) atoms. The van der Waals surface area contributed by atoms with Crippen molar-refractivity contribution >= 4 is 23.2 Å². The Bertz CT molecular complexity index is 647. The lowest BCUT2D eigenvalue weighted by molar-refractivity contribution is 0.732. The number of allylic oxidation sites excluding steroid dienone is 1. The molecule has 1 heterocycles. The first kappa shape index (κ1) is 16.1. The van der Waals surface area contributed by atoms with Crippen LogP contribution in [-0.4, -0.2) is 14.8 Å².